The Labute approximate surface area is 174 Å². The van der Waals surface area contributed by atoms with Gasteiger partial charge in [0.25, 0.3) is 0 Å². The van der Waals surface area contributed by atoms with Crippen LogP contribution in [0, 0.1) is 0 Å². The highest BCUT2D eigenvalue weighted by Gasteiger charge is 2.29. The molecule has 1 amide bonds. The van der Waals surface area contributed by atoms with Gasteiger partial charge in [-0.15, -0.1) is 0 Å². The summed E-state index contributed by atoms with van der Waals surface area (Å²) in [6, 6.07) is 16.0. The van der Waals surface area contributed by atoms with Crippen molar-refractivity contribution in [2.75, 3.05) is 13.2 Å². The van der Waals surface area contributed by atoms with E-state index in [0.29, 0.717) is 0 Å². The molecule has 0 aliphatic heterocycles. The topological polar surface area (TPSA) is 110 Å². The number of nitrogens with one attached hydrogen (secondary N) is 1. The number of Topliss-reactive ketones (excluding diaryl/α,β-unsaturated/α-hetero) is 2. The Hall–Kier alpha value is -3.48. The average Bonchev–Trinajstić information content (AvgIpc) is 3.07. The van der Waals surface area contributed by atoms with Gasteiger partial charge < -0.3 is 15.2 Å². The molecule has 156 valence electrons. The summed E-state index contributed by atoms with van der Waals surface area (Å²) in [5, 5.41) is 11.0. The second-order valence-corrected chi connectivity index (χ2v) is 7.15. The molecule has 1 aliphatic carbocycles. The van der Waals surface area contributed by atoms with E-state index in [1.54, 1.807) is 0 Å². The van der Waals surface area contributed by atoms with Crippen LogP contribution in [-0.4, -0.2) is 41.9 Å². The fourth-order valence-electron chi connectivity index (χ4n) is 3.56. The molecule has 7 nitrogen and oxygen atoms in total. The second kappa shape index (κ2) is 9.82. The number of carbonyl (C=O) groups is 4. The number of carboxylic acids is 1. The van der Waals surface area contributed by atoms with Crippen LogP contribution in [0.1, 0.15) is 42.7 Å². The molecule has 0 unspecified atom stereocenters. The molecule has 0 spiro atoms. The maximum Gasteiger partial charge on any atom is 0.407 e. The van der Waals surface area contributed by atoms with Gasteiger partial charge in [0, 0.05) is 25.2 Å². The maximum absolute atomic E-state index is 12.0. The summed E-state index contributed by atoms with van der Waals surface area (Å²) in [7, 11) is 0. The Morgan fingerprint density at radius 2 is 1.33 bits per heavy atom. The van der Waals surface area contributed by atoms with Crippen molar-refractivity contribution in [3.8, 4) is 11.1 Å². The largest absolute Gasteiger partial charge is 0.481 e. The van der Waals surface area contributed by atoms with Crippen LogP contribution in [0.3, 0.4) is 0 Å². The van der Waals surface area contributed by atoms with Crippen LogP contribution in [-0.2, 0) is 19.1 Å². The fourth-order valence-corrected chi connectivity index (χ4v) is 3.56. The van der Waals surface area contributed by atoms with E-state index in [1.807, 2.05) is 48.5 Å². The van der Waals surface area contributed by atoms with Gasteiger partial charge in [-0.25, -0.2) is 4.79 Å². The normalized spacial score (nSPS) is 12.0. The molecule has 2 N–H and O–H groups in total. The van der Waals surface area contributed by atoms with Gasteiger partial charge >= 0.3 is 12.1 Å². The molecular weight excluding hydrogens is 386 g/mol. The number of aliphatic carboxylic acids is 1. The van der Waals surface area contributed by atoms with E-state index in [9.17, 15) is 19.2 Å². The molecule has 0 atom stereocenters. The van der Waals surface area contributed by atoms with Crippen LogP contribution < -0.4 is 5.32 Å². The molecule has 2 aromatic carbocycles. The van der Waals surface area contributed by atoms with Crippen LogP contribution in [0.2, 0.25) is 0 Å². The maximum atomic E-state index is 12.0. The van der Waals surface area contributed by atoms with Crippen LogP contribution >= 0.6 is 0 Å². The van der Waals surface area contributed by atoms with Gasteiger partial charge in [-0.2, -0.15) is 0 Å². The van der Waals surface area contributed by atoms with Crippen molar-refractivity contribution < 1.29 is 29.0 Å². The monoisotopic (exact) mass is 409 g/mol. The number of alkyl carbamates (subject to hydrolysis) is 1. The first kappa shape index (κ1) is 21.2. The highest BCUT2D eigenvalue weighted by Crippen LogP contribution is 2.44. The summed E-state index contributed by atoms with van der Waals surface area (Å²) in [6.45, 7) is -0.0788. The van der Waals surface area contributed by atoms with E-state index >= 15 is 0 Å². The Kier molecular flexibility index (Phi) is 6.95. The van der Waals surface area contributed by atoms with E-state index in [0.717, 1.165) is 22.3 Å². The molecule has 2 aromatic rings. The van der Waals surface area contributed by atoms with E-state index in [-0.39, 0.29) is 56.3 Å². The lowest BCUT2D eigenvalue weighted by atomic mass is 9.98. The van der Waals surface area contributed by atoms with Gasteiger partial charge in [0.15, 0.2) is 5.78 Å². The third-order valence-corrected chi connectivity index (χ3v) is 5.07. The lowest BCUT2D eigenvalue weighted by molar-refractivity contribution is -0.138. The first-order valence-electron chi connectivity index (χ1n) is 9.79. The van der Waals surface area contributed by atoms with Crippen LogP contribution in [0.5, 0.6) is 0 Å². The molecule has 0 radical (unpaired) electrons. The van der Waals surface area contributed by atoms with Crippen LogP contribution in [0.25, 0.3) is 11.1 Å². The van der Waals surface area contributed by atoms with E-state index < -0.39 is 12.1 Å². The first-order valence-corrected chi connectivity index (χ1v) is 9.79. The van der Waals surface area contributed by atoms with E-state index in [4.69, 9.17) is 9.84 Å². The molecular formula is C23H23NO6. The zero-order valence-electron chi connectivity index (χ0n) is 16.4. The molecule has 0 aromatic heterocycles. The number of carboxylic acid groups (broad SMARTS) is 1. The number of amides is 1. The minimum atomic E-state index is -1.05. The molecule has 0 bridgehead atoms. The fraction of sp³-hybridized carbons (Fsp3) is 0.304. The third kappa shape index (κ3) is 5.31. The summed E-state index contributed by atoms with van der Waals surface area (Å²) in [5.74, 6) is -1.71. The molecule has 30 heavy (non-hydrogen) atoms. The van der Waals surface area contributed by atoms with Gasteiger partial charge in [0.05, 0.1) is 13.0 Å². The number of carbonyl (C=O) groups excluding carboxylic acids is 3. The smallest absolute Gasteiger partial charge is 0.407 e. The van der Waals surface area contributed by atoms with Crippen molar-refractivity contribution in [2.45, 2.75) is 31.6 Å². The van der Waals surface area contributed by atoms with Crippen molar-refractivity contribution in [1.82, 2.24) is 5.32 Å². The van der Waals surface area contributed by atoms with Crippen molar-refractivity contribution >= 4 is 23.6 Å². The molecule has 0 fully saturated rings. The third-order valence-electron chi connectivity index (χ3n) is 5.07. The number of fused-ring (bicyclic) bond motifs is 3. The zero-order valence-corrected chi connectivity index (χ0v) is 16.4. The number of ketones is 2. The minimum Gasteiger partial charge on any atom is -0.481 e. The number of ether oxygens (including phenoxy) is 1. The van der Waals surface area contributed by atoms with Crippen molar-refractivity contribution in [2.24, 2.45) is 0 Å². The number of benzene rings is 2. The summed E-state index contributed by atoms with van der Waals surface area (Å²) < 4.78 is 5.35. The summed E-state index contributed by atoms with van der Waals surface area (Å²) in [4.78, 5) is 45.8. The van der Waals surface area contributed by atoms with Crippen LogP contribution in [0.4, 0.5) is 4.79 Å². The van der Waals surface area contributed by atoms with E-state index in [2.05, 4.69) is 5.32 Å². The number of rotatable bonds is 10. The Balaban J connectivity index is 1.45. The lowest BCUT2D eigenvalue weighted by Gasteiger charge is -2.14. The lowest BCUT2D eigenvalue weighted by Crippen LogP contribution is -2.31. The standard InChI is InChI=1S/C23H23NO6/c25-15(11-12-22(27)28)9-10-16(26)13-24-23(29)30-14-21-19-7-3-1-5-17(19)18-6-2-4-8-20(18)21/h1-8,21H,9-14H2,(H,24,29)(H,27,28). The number of hydrogen-bond donors (Lipinski definition) is 2. The predicted octanol–water partition coefficient (Wildman–Crippen LogP) is 3.31. The predicted molar refractivity (Wildman–Crippen MR) is 109 cm³/mol. The highest BCUT2D eigenvalue weighted by molar-refractivity contribution is 5.89. The summed E-state index contributed by atoms with van der Waals surface area (Å²) >= 11 is 0. The quantitative estimate of drug-likeness (QED) is 0.623. The molecule has 0 heterocycles. The van der Waals surface area contributed by atoms with E-state index in [1.165, 1.54) is 0 Å². The molecule has 1 aliphatic rings. The number of hydrogen-bond acceptors (Lipinski definition) is 5. The molecule has 0 saturated heterocycles. The van der Waals surface area contributed by atoms with Crippen LogP contribution in [0.15, 0.2) is 48.5 Å². The average molecular weight is 409 g/mol. The second-order valence-electron chi connectivity index (χ2n) is 7.15. The van der Waals surface area contributed by atoms with Crippen molar-refractivity contribution in [1.29, 1.82) is 0 Å². The van der Waals surface area contributed by atoms with Gasteiger partial charge in [-0.05, 0) is 22.3 Å². The summed E-state index contributed by atoms with van der Waals surface area (Å²) in [5.41, 5.74) is 4.46. The van der Waals surface area contributed by atoms with Crippen molar-refractivity contribution in [3.05, 3.63) is 59.7 Å². The molecule has 3 rings (SSSR count). The van der Waals surface area contributed by atoms with Crippen molar-refractivity contribution in [3.63, 3.8) is 0 Å². The van der Waals surface area contributed by atoms with Gasteiger partial charge in [0.2, 0.25) is 0 Å². The SMILES string of the molecule is O=C(O)CCC(=O)CCC(=O)CNC(=O)OCC1c2ccccc2-c2ccccc21. The molecule has 0 saturated carbocycles. The van der Waals surface area contributed by atoms with Gasteiger partial charge in [-0.1, -0.05) is 48.5 Å². The highest BCUT2D eigenvalue weighted by atomic mass is 16.5. The summed E-state index contributed by atoms with van der Waals surface area (Å²) in [6.07, 6.45) is -1.10. The zero-order chi connectivity index (χ0) is 21.5. The first-order chi connectivity index (χ1) is 14.5. The van der Waals surface area contributed by atoms with Gasteiger partial charge in [-0.3, -0.25) is 14.4 Å². The Bertz CT molecular complexity index is 922. The van der Waals surface area contributed by atoms with Gasteiger partial charge in [0.1, 0.15) is 12.4 Å². The Morgan fingerprint density at radius 3 is 1.93 bits per heavy atom. The molecule has 7 heteroatoms. The minimum absolute atomic E-state index is 0.0293. The Morgan fingerprint density at radius 1 is 0.800 bits per heavy atom.